The maximum Gasteiger partial charge on any atom is 0.255 e. The largest absolute Gasteiger partial charge is 0.507 e. The van der Waals surface area contributed by atoms with Gasteiger partial charge in [0.25, 0.3) is 5.91 Å². The van der Waals surface area contributed by atoms with Crippen molar-refractivity contribution in [3.05, 3.63) is 29.8 Å². The lowest BCUT2D eigenvalue weighted by Crippen LogP contribution is -2.53. The van der Waals surface area contributed by atoms with Gasteiger partial charge in [-0.2, -0.15) is 0 Å². The average Bonchev–Trinajstić information content (AvgIpc) is 3.25. The Morgan fingerprint density at radius 3 is 2.82 bits per heavy atom. The number of carbonyl (C=O) groups is 1. The van der Waals surface area contributed by atoms with E-state index >= 15 is 0 Å². The Bertz CT molecular complexity index is 676. The highest BCUT2D eigenvalue weighted by atomic mass is 16.5. The van der Waals surface area contributed by atoms with Crippen molar-refractivity contribution in [2.75, 3.05) is 45.9 Å². The van der Waals surface area contributed by atoms with E-state index in [4.69, 9.17) is 9.47 Å². The molecule has 1 aromatic carbocycles. The number of rotatable bonds is 6. The fraction of sp³-hybridized carbons (Fsp3) is 0.600. The highest BCUT2D eigenvalue weighted by molar-refractivity contribution is 5.96. The van der Waals surface area contributed by atoms with E-state index in [1.165, 1.54) is 6.07 Å². The summed E-state index contributed by atoms with van der Waals surface area (Å²) in [6, 6.07) is 6.50. The van der Waals surface area contributed by atoms with Crippen LogP contribution >= 0.6 is 0 Å². The van der Waals surface area contributed by atoms with Crippen molar-refractivity contribution >= 4 is 11.9 Å². The minimum absolute atomic E-state index is 0.0228. The van der Waals surface area contributed by atoms with Crippen LogP contribution in [0.1, 0.15) is 30.1 Å². The van der Waals surface area contributed by atoms with Gasteiger partial charge in [-0.05, 0) is 31.9 Å². The molecule has 28 heavy (non-hydrogen) atoms. The molecule has 3 N–H and O–H groups in total. The molecule has 8 heteroatoms. The first-order chi connectivity index (χ1) is 13.7. The maximum absolute atomic E-state index is 12.2. The smallest absolute Gasteiger partial charge is 0.255 e. The number of aliphatic imine (C=N–C) groups is 1. The molecule has 0 radical (unpaired) electrons. The van der Waals surface area contributed by atoms with Crippen molar-refractivity contribution < 1.29 is 19.4 Å². The van der Waals surface area contributed by atoms with Crippen molar-refractivity contribution in [1.29, 1.82) is 0 Å². The van der Waals surface area contributed by atoms with Crippen LogP contribution in [0.5, 0.6) is 5.75 Å². The second-order valence-corrected chi connectivity index (χ2v) is 6.92. The molecule has 0 spiro atoms. The molecule has 2 aliphatic heterocycles. The Morgan fingerprint density at radius 1 is 1.25 bits per heavy atom. The van der Waals surface area contributed by atoms with E-state index in [0.29, 0.717) is 19.7 Å². The van der Waals surface area contributed by atoms with Crippen molar-refractivity contribution in [3.8, 4) is 5.75 Å². The molecule has 1 amide bonds. The van der Waals surface area contributed by atoms with Crippen LogP contribution in [-0.4, -0.2) is 80.0 Å². The molecule has 2 aliphatic rings. The summed E-state index contributed by atoms with van der Waals surface area (Å²) in [7, 11) is 0. The van der Waals surface area contributed by atoms with Gasteiger partial charge in [-0.1, -0.05) is 12.1 Å². The zero-order chi connectivity index (χ0) is 19.8. The fourth-order valence-corrected chi connectivity index (χ4v) is 3.51. The van der Waals surface area contributed by atoms with Crippen LogP contribution in [0.3, 0.4) is 0 Å². The number of benzene rings is 1. The van der Waals surface area contributed by atoms with Gasteiger partial charge in [0.05, 0.1) is 24.8 Å². The van der Waals surface area contributed by atoms with Gasteiger partial charge in [0, 0.05) is 32.8 Å². The molecule has 0 aromatic heterocycles. The number of carbonyl (C=O) groups excluding carboxylic acids is 1. The van der Waals surface area contributed by atoms with Crippen LogP contribution in [0.25, 0.3) is 0 Å². The third-order valence-corrected chi connectivity index (χ3v) is 4.92. The molecule has 2 atom stereocenters. The first kappa shape index (κ1) is 20.4. The van der Waals surface area contributed by atoms with E-state index in [0.717, 1.165) is 45.0 Å². The summed E-state index contributed by atoms with van der Waals surface area (Å²) in [5.41, 5.74) is 0.269. The molecular formula is C20H30N4O4. The van der Waals surface area contributed by atoms with E-state index in [-0.39, 0.29) is 29.4 Å². The summed E-state index contributed by atoms with van der Waals surface area (Å²) < 4.78 is 11.7. The summed E-state index contributed by atoms with van der Waals surface area (Å²) in [5, 5.41) is 15.9. The van der Waals surface area contributed by atoms with Crippen LogP contribution < -0.4 is 10.6 Å². The lowest BCUT2D eigenvalue weighted by Gasteiger charge is -2.37. The number of hydrogen-bond donors (Lipinski definition) is 3. The molecule has 2 saturated heterocycles. The van der Waals surface area contributed by atoms with Crippen LogP contribution in [-0.2, 0) is 9.47 Å². The number of phenols is 1. The zero-order valence-electron chi connectivity index (χ0n) is 16.4. The lowest BCUT2D eigenvalue weighted by atomic mass is 10.1. The summed E-state index contributed by atoms with van der Waals surface area (Å²) in [6.45, 7) is 6.64. The molecule has 3 rings (SSSR count). The summed E-state index contributed by atoms with van der Waals surface area (Å²) in [6.07, 6.45) is 2.38. The minimum Gasteiger partial charge on any atom is -0.507 e. The quantitative estimate of drug-likeness (QED) is 0.381. The van der Waals surface area contributed by atoms with Crippen molar-refractivity contribution in [3.63, 3.8) is 0 Å². The molecular weight excluding hydrogens is 360 g/mol. The van der Waals surface area contributed by atoms with E-state index in [2.05, 4.69) is 20.5 Å². The Kier molecular flexibility index (Phi) is 7.50. The van der Waals surface area contributed by atoms with Crippen molar-refractivity contribution in [2.45, 2.75) is 32.0 Å². The number of morpholine rings is 1. The Hall–Kier alpha value is -2.32. The molecule has 154 valence electrons. The van der Waals surface area contributed by atoms with Crippen LogP contribution in [0.4, 0.5) is 0 Å². The number of hydrogen-bond acceptors (Lipinski definition) is 5. The average molecular weight is 390 g/mol. The topological polar surface area (TPSA) is 95.4 Å². The predicted molar refractivity (Wildman–Crippen MR) is 107 cm³/mol. The van der Waals surface area contributed by atoms with Crippen LogP contribution in [0.15, 0.2) is 29.3 Å². The number of nitrogens with one attached hydrogen (secondary N) is 2. The highest BCUT2D eigenvalue weighted by Crippen LogP contribution is 2.21. The van der Waals surface area contributed by atoms with Crippen LogP contribution in [0, 0.1) is 0 Å². The second kappa shape index (κ2) is 10.3. The number of phenolic OH excluding ortho intramolecular Hbond substituents is 1. The third kappa shape index (κ3) is 5.36. The Morgan fingerprint density at radius 2 is 2.07 bits per heavy atom. The zero-order valence-corrected chi connectivity index (χ0v) is 16.4. The van der Waals surface area contributed by atoms with Gasteiger partial charge in [-0.3, -0.25) is 9.79 Å². The van der Waals surface area contributed by atoms with Gasteiger partial charge in [0.1, 0.15) is 11.9 Å². The SMILES string of the molecule is CCNC(=NCCNC(=O)c1ccccc1O)N1CCOC(C2CCCO2)C1. The van der Waals surface area contributed by atoms with Gasteiger partial charge < -0.3 is 30.1 Å². The number of aromatic hydroxyl groups is 1. The van der Waals surface area contributed by atoms with E-state index in [1.54, 1.807) is 18.2 Å². The summed E-state index contributed by atoms with van der Waals surface area (Å²) in [4.78, 5) is 19.0. The van der Waals surface area contributed by atoms with Gasteiger partial charge in [-0.15, -0.1) is 0 Å². The van der Waals surface area contributed by atoms with Gasteiger partial charge >= 0.3 is 0 Å². The molecule has 0 saturated carbocycles. The third-order valence-electron chi connectivity index (χ3n) is 4.92. The predicted octanol–water partition coefficient (Wildman–Crippen LogP) is 0.967. The minimum atomic E-state index is -0.303. The van der Waals surface area contributed by atoms with Gasteiger partial charge in [0.15, 0.2) is 5.96 Å². The highest BCUT2D eigenvalue weighted by Gasteiger charge is 2.32. The number of guanidine groups is 1. The molecule has 0 aliphatic carbocycles. The standard InChI is InChI=1S/C20H30N4O4/c1-2-21-20(24-11-13-28-18(14-24)17-8-5-12-27-17)23-10-9-22-19(26)15-6-3-4-7-16(15)25/h3-4,6-7,17-18,25H,2,5,8-14H2,1H3,(H,21,23)(H,22,26). The molecule has 1 aromatic rings. The monoisotopic (exact) mass is 390 g/mol. The second-order valence-electron chi connectivity index (χ2n) is 6.92. The van der Waals surface area contributed by atoms with Crippen molar-refractivity contribution in [2.24, 2.45) is 4.99 Å². The first-order valence-corrected chi connectivity index (χ1v) is 10.0. The Labute approximate surface area is 165 Å². The number of para-hydroxylation sites is 1. The summed E-state index contributed by atoms with van der Waals surface area (Å²) in [5.74, 6) is 0.499. The van der Waals surface area contributed by atoms with Crippen LogP contribution in [0.2, 0.25) is 0 Å². The molecule has 8 nitrogen and oxygen atoms in total. The number of amides is 1. The lowest BCUT2D eigenvalue weighted by molar-refractivity contribution is -0.0817. The first-order valence-electron chi connectivity index (χ1n) is 10.0. The van der Waals surface area contributed by atoms with E-state index in [1.807, 2.05) is 6.92 Å². The van der Waals surface area contributed by atoms with E-state index < -0.39 is 0 Å². The maximum atomic E-state index is 12.2. The fourth-order valence-electron chi connectivity index (χ4n) is 3.51. The molecule has 0 bridgehead atoms. The Balaban J connectivity index is 1.52. The molecule has 2 heterocycles. The number of ether oxygens (including phenoxy) is 2. The number of nitrogens with zero attached hydrogens (tertiary/aromatic N) is 2. The molecule has 2 unspecified atom stereocenters. The van der Waals surface area contributed by atoms with Gasteiger partial charge in [0.2, 0.25) is 0 Å². The summed E-state index contributed by atoms with van der Waals surface area (Å²) >= 11 is 0. The normalized spacial score (nSPS) is 22.9. The molecule has 2 fully saturated rings. The van der Waals surface area contributed by atoms with E-state index in [9.17, 15) is 9.90 Å². The van der Waals surface area contributed by atoms with Crippen molar-refractivity contribution in [1.82, 2.24) is 15.5 Å². The van der Waals surface area contributed by atoms with Gasteiger partial charge in [-0.25, -0.2) is 0 Å².